The van der Waals surface area contributed by atoms with Crippen LogP contribution < -0.4 is 4.74 Å². The number of ether oxygens (including phenoxy) is 1. The molecule has 40 heavy (non-hydrogen) atoms. The zero-order valence-corrected chi connectivity index (χ0v) is 22.2. The average Bonchev–Trinajstić information content (AvgIpc) is 3.72. The number of nitrogens with zero attached hydrogens (tertiary/aromatic N) is 6. The molecule has 9 nitrogen and oxygen atoms in total. The fraction of sp³-hybridized carbons (Fsp3) is 0.161. The molecule has 200 valence electrons. The molecule has 0 aliphatic carbocycles. The van der Waals surface area contributed by atoms with Crippen molar-refractivity contribution in [3.05, 3.63) is 126 Å². The first-order chi connectivity index (χ1) is 19.5. The van der Waals surface area contributed by atoms with E-state index in [4.69, 9.17) is 4.74 Å². The van der Waals surface area contributed by atoms with Crippen LogP contribution in [0.15, 0.2) is 110 Å². The summed E-state index contributed by atoms with van der Waals surface area (Å²) in [5, 5.41) is 8.93. The van der Waals surface area contributed by atoms with E-state index < -0.39 is 5.54 Å². The molecule has 2 aromatic heterocycles. The molecule has 0 spiro atoms. The molecule has 1 fully saturated rings. The van der Waals surface area contributed by atoms with Gasteiger partial charge in [-0.05, 0) is 48.9 Å². The lowest BCUT2D eigenvalue weighted by Crippen LogP contribution is -2.43. The molecule has 1 unspecified atom stereocenters. The van der Waals surface area contributed by atoms with E-state index in [1.54, 1.807) is 52.8 Å². The molecular weight excluding hydrogens is 504 g/mol. The number of carbonyl (C=O) groups excluding carboxylic acids is 2. The van der Waals surface area contributed by atoms with E-state index in [-0.39, 0.29) is 25.0 Å². The van der Waals surface area contributed by atoms with Crippen molar-refractivity contribution in [3.8, 4) is 17.1 Å². The minimum Gasteiger partial charge on any atom is -0.497 e. The fourth-order valence-corrected chi connectivity index (χ4v) is 5.05. The molecular formula is C31H28N6O3. The van der Waals surface area contributed by atoms with Crippen LogP contribution >= 0.6 is 0 Å². The molecule has 0 bridgehead atoms. The van der Waals surface area contributed by atoms with Crippen molar-refractivity contribution in [1.82, 2.24) is 29.4 Å². The minimum atomic E-state index is -1.23. The molecule has 1 aliphatic rings. The summed E-state index contributed by atoms with van der Waals surface area (Å²) in [5.74, 6) is 0.371. The Labute approximate surface area is 231 Å². The largest absolute Gasteiger partial charge is 0.497 e. The van der Waals surface area contributed by atoms with Gasteiger partial charge in [-0.1, -0.05) is 48.5 Å². The van der Waals surface area contributed by atoms with Crippen molar-refractivity contribution in [2.45, 2.75) is 25.6 Å². The van der Waals surface area contributed by atoms with Gasteiger partial charge in [0.05, 0.1) is 44.0 Å². The number of rotatable bonds is 8. The Bertz CT molecular complexity index is 1650. The summed E-state index contributed by atoms with van der Waals surface area (Å²) in [6, 6.07) is 26.3. The van der Waals surface area contributed by atoms with Crippen LogP contribution in [0.5, 0.6) is 5.75 Å². The lowest BCUT2D eigenvalue weighted by Gasteiger charge is -2.32. The third-order valence-corrected chi connectivity index (χ3v) is 7.31. The molecule has 0 radical (unpaired) electrons. The minimum absolute atomic E-state index is 0.107. The van der Waals surface area contributed by atoms with Gasteiger partial charge in [0.15, 0.2) is 0 Å². The summed E-state index contributed by atoms with van der Waals surface area (Å²) in [4.78, 5) is 30.9. The number of carbonyl (C=O) groups is 2. The van der Waals surface area contributed by atoms with Gasteiger partial charge in [0, 0.05) is 23.5 Å². The van der Waals surface area contributed by atoms with Gasteiger partial charge in [-0.25, -0.2) is 14.2 Å². The van der Waals surface area contributed by atoms with Crippen molar-refractivity contribution in [2.75, 3.05) is 7.11 Å². The first-order valence-corrected chi connectivity index (χ1v) is 12.9. The number of aromatic nitrogens is 4. The van der Waals surface area contributed by atoms with Crippen LogP contribution in [-0.2, 0) is 23.4 Å². The molecule has 0 saturated carbocycles. The number of methoxy groups -OCH3 is 1. The number of hydrogen-bond acceptors (Lipinski definition) is 5. The van der Waals surface area contributed by atoms with Crippen LogP contribution in [0.1, 0.15) is 23.6 Å². The summed E-state index contributed by atoms with van der Waals surface area (Å²) < 4.78 is 8.82. The molecule has 1 atom stereocenters. The van der Waals surface area contributed by atoms with Gasteiger partial charge in [0.2, 0.25) is 0 Å². The topological polar surface area (TPSA) is 85.5 Å². The molecule has 0 N–H and O–H groups in total. The molecule has 3 amide bonds. The lowest BCUT2D eigenvalue weighted by molar-refractivity contribution is -0.133. The smallest absolute Gasteiger partial charge is 0.328 e. The van der Waals surface area contributed by atoms with E-state index in [1.807, 2.05) is 85.2 Å². The highest BCUT2D eigenvalue weighted by Gasteiger charge is 2.55. The van der Waals surface area contributed by atoms with Crippen LogP contribution in [0.25, 0.3) is 11.4 Å². The van der Waals surface area contributed by atoms with Crippen LogP contribution in [0.4, 0.5) is 4.79 Å². The van der Waals surface area contributed by atoms with Gasteiger partial charge >= 0.3 is 6.03 Å². The van der Waals surface area contributed by atoms with Crippen molar-refractivity contribution >= 4 is 11.9 Å². The van der Waals surface area contributed by atoms with Crippen molar-refractivity contribution in [3.63, 3.8) is 0 Å². The number of hydrogen-bond donors (Lipinski definition) is 0. The number of urea groups is 1. The van der Waals surface area contributed by atoms with Crippen molar-refractivity contribution in [1.29, 1.82) is 0 Å². The molecule has 1 aliphatic heterocycles. The summed E-state index contributed by atoms with van der Waals surface area (Å²) in [5.41, 5.74) is 2.84. The molecule has 9 heteroatoms. The van der Waals surface area contributed by atoms with E-state index in [0.29, 0.717) is 11.3 Å². The molecule has 1 saturated heterocycles. The molecule has 3 heterocycles. The lowest BCUT2D eigenvalue weighted by atomic mass is 9.90. The van der Waals surface area contributed by atoms with E-state index in [0.717, 1.165) is 22.5 Å². The second-order valence-electron chi connectivity index (χ2n) is 9.82. The van der Waals surface area contributed by atoms with Crippen molar-refractivity contribution in [2.24, 2.45) is 0 Å². The van der Waals surface area contributed by atoms with Gasteiger partial charge in [-0.3, -0.25) is 9.69 Å². The summed E-state index contributed by atoms with van der Waals surface area (Å²) >= 11 is 0. The SMILES string of the molecule is COc1ccc(C2(C)C(=O)N(Cc3cnn(-c4ccccc4)c3)C(=O)N2Cc2cnn(-c3ccccc3)c2)cc1. The highest BCUT2D eigenvalue weighted by molar-refractivity contribution is 6.07. The van der Waals surface area contributed by atoms with Gasteiger partial charge in [-0.15, -0.1) is 0 Å². The Morgan fingerprint density at radius 2 is 1.25 bits per heavy atom. The van der Waals surface area contributed by atoms with E-state index in [1.165, 1.54) is 4.90 Å². The third kappa shape index (κ3) is 4.41. The second kappa shape index (κ2) is 10.2. The van der Waals surface area contributed by atoms with Crippen molar-refractivity contribution < 1.29 is 14.3 Å². The maximum atomic E-state index is 14.1. The number of imide groups is 1. The monoisotopic (exact) mass is 532 g/mol. The summed E-state index contributed by atoms with van der Waals surface area (Å²) in [7, 11) is 1.59. The van der Waals surface area contributed by atoms with Crippen LogP contribution in [0.2, 0.25) is 0 Å². The Kier molecular flexibility index (Phi) is 6.39. The van der Waals surface area contributed by atoms with Gasteiger partial charge < -0.3 is 9.64 Å². The normalized spacial score (nSPS) is 17.1. The summed E-state index contributed by atoms with van der Waals surface area (Å²) in [6.07, 6.45) is 7.14. The fourth-order valence-electron chi connectivity index (χ4n) is 5.05. The Hall–Kier alpha value is -5.18. The van der Waals surface area contributed by atoms with E-state index in [9.17, 15) is 9.59 Å². The van der Waals surface area contributed by atoms with Crippen LogP contribution in [-0.4, -0.2) is 48.4 Å². The molecule has 5 aromatic rings. The Morgan fingerprint density at radius 3 is 1.77 bits per heavy atom. The number of benzene rings is 3. The first-order valence-electron chi connectivity index (χ1n) is 12.9. The van der Waals surface area contributed by atoms with Gasteiger partial charge in [0.1, 0.15) is 11.3 Å². The molecule has 3 aromatic carbocycles. The number of para-hydroxylation sites is 2. The Balaban J connectivity index is 1.33. The van der Waals surface area contributed by atoms with Crippen LogP contribution in [0.3, 0.4) is 0 Å². The van der Waals surface area contributed by atoms with Crippen LogP contribution in [0, 0.1) is 0 Å². The average molecular weight is 533 g/mol. The summed E-state index contributed by atoms with van der Waals surface area (Å²) in [6.45, 7) is 2.11. The predicted octanol–water partition coefficient (Wildman–Crippen LogP) is 4.95. The highest BCUT2D eigenvalue weighted by atomic mass is 16.5. The third-order valence-electron chi connectivity index (χ3n) is 7.31. The highest BCUT2D eigenvalue weighted by Crippen LogP contribution is 2.39. The zero-order valence-electron chi connectivity index (χ0n) is 22.2. The number of amides is 3. The zero-order chi connectivity index (χ0) is 27.7. The standard InChI is InChI=1S/C31H28N6O3/c1-31(25-13-15-28(40-2)16-14-25)29(38)34(19-23-17-32-36(21-23)26-9-5-3-6-10-26)30(39)35(31)20-24-18-33-37(22-24)27-11-7-4-8-12-27/h3-18,21-22H,19-20H2,1-2H3. The quantitative estimate of drug-likeness (QED) is 0.264. The predicted molar refractivity (Wildman–Crippen MR) is 149 cm³/mol. The maximum Gasteiger partial charge on any atom is 0.328 e. The van der Waals surface area contributed by atoms with Gasteiger partial charge in [-0.2, -0.15) is 10.2 Å². The first kappa shape index (κ1) is 25.1. The Morgan fingerprint density at radius 1 is 0.725 bits per heavy atom. The van der Waals surface area contributed by atoms with E-state index >= 15 is 0 Å². The second-order valence-corrected chi connectivity index (χ2v) is 9.82. The molecule has 6 rings (SSSR count). The van der Waals surface area contributed by atoms with Gasteiger partial charge in [0.25, 0.3) is 5.91 Å². The maximum absolute atomic E-state index is 14.1. The van der Waals surface area contributed by atoms with E-state index in [2.05, 4.69) is 10.2 Å².